The van der Waals surface area contributed by atoms with Crippen molar-refractivity contribution in [3.8, 4) is 6.01 Å². The first-order valence-electron chi connectivity index (χ1n) is 6.03. The average Bonchev–Trinajstić information content (AvgIpc) is 2.23. The summed E-state index contributed by atoms with van der Waals surface area (Å²) in [5, 5.41) is 2.84. The lowest BCUT2D eigenvalue weighted by molar-refractivity contribution is -0.119. The number of amides is 1. The number of ether oxygens (including phenoxy) is 1. The van der Waals surface area contributed by atoms with Crippen LogP contribution in [0.2, 0.25) is 0 Å². The van der Waals surface area contributed by atoms with Crippen LogP contribution in [0.3, 0.4) is 0 Å². The first-order valence-corrected chi connectivity index (χ1v) is 6.03. The minimum atomic E-state index is -0.589. The third kappa shape index (κ3) is 4.57. The number of nitrogen functional groups attached to an aromatic ring is 1. The minimum absolute atomic E-state index is 0.00930. The maximum Gasteiger partial charge on any atom is 0.323 e. The second-order valence-electron chi connectivity index (χ2n) is 4.73. The average molecular weight is 268 g/mol. The van der Waals surface area contributed by atoms with Crippen molar-refractivity contribution >= 4 is 17.8 Å². The zero-order valence-electron chi connectivity index (χ0n) is 11.5. The number of nitrogens with two attached hydrogens (primary N) is 2. The molecule has 106 valence electrons. The smallest absolute Gasteiger partial charge is 0.323 e. The van der Waals surface area contributed by atoms with Gasteiger partial charge in [-0.05, 0) is 19.8 Å². The number of hydrogen-bond donors (Lipinski definition) is 3. The van der Waals surface area contributed by atoms with E-state index < -0.39 is 11.9 Å². The molecular formula is C11H20N6O2. The largest absolute Gasteiger partial charge is 0.461 e. The highest BCUT2D eigenvalue weighted by Gasteiger charge is 2.21. The number of carbonyl (C=O) groups excluding carboxylic acids is 1. The molecule has 0 aliphatic carbocycles. The summed E-state index contributed by atoms with van der Waals surface area (Å²) in [6, 6.07) is -0.481. The van der Waals surface area contributed by atoms with E-state index in [1.807, 2.05) is 27.7 Å². The topological polar surface area (TPSA) is 129 Å². The van der Waals surface area contributed by atoms with Crippen LogP contribution in [0.15, 0.2) is 0 Å². The number of nitrogens with zero attached hydrogens (tertiary/aromatic N) is 3. The van der Waals surface area contributed by atoms with Gasteiger partial charge in [0.2, 0.25) is 17.8 Å². The Kier molecular flexibility index (Phi) is 4.85. The Hall–Kier alpha value is -2.12. The molecule has 1 aromatic heterocycles. The van der Waals surface area contributed by atoms with Gasteiger partial charge in [0.25, 0.3) is 0 Å². The van der Waals surface area contributed by atoms with Crippen molar-refractivity contribution < 1.29 is 9.53 Å². The SMILES string of the molecule is CC(C)Oc1nc(N)nc(NC(C(N)=O)C(C)C)n1. The van der Waals surface area contributed by atoms with E-state index in [1.54, 1.807) is 0 Å². The predicted octanol–water partition coefficient (Wildman–Crippen LogP) is 0.163. The van der Waals surface area contributed by atoms with Gasteiger partial charge in [0.1, 0.15) is 6.04 Å². The van der Waals surface area contributed by atoms with Crippen LogP contribution < -0.4 is 21.5 Å². The molecule has 1 amide bonds. The van der Waals surface area contributed by atoms with E-state index in [1.165, 1.54) is 0 Å². The van der Waals surface area contributed by atoms with Crippen molar-refractivity contribution in [2.75, 3.05) is 11.1 Å². The molecule has 1 rings (SSSR count). The summed E-state index contributed by atoms with van der Waals surface area (Å²) in [7, 11) is 0. The van der Waals surface area contributed by atoms with E-state index >= 15 is 0 Å². The van der Waals surface area contributed by atoms with Crippen molar-refractivity contribution in [3.05, 3.63) is 0 Å². The highest BCUT2D eigenvalue weighted by molar-refractivity contribution is 5.82. The number of nitrogens with one attached hydrogen (secondary N) is 1. The molecule has 0 saturated carbocycles. The number of anilines is 2. The van der Waals surface area contributed by atoms with Crippen LogP contribution in [0, 0.1) is 5.92 Å². The van der Waals surface area contributed by atoms with Gasteiger partial charge >= 0.3 is 6.01 Å². The second kappa shape index (κ2) is 6.17. The van der Waals surface area contributed by atoms with Gasteiger partial charge in [-0.15, -0.1) is 0 Å². The van der Waals surface area contributed by atoms with Gasteiger partial charge in [-0.1, -0.05) is 13.8 Å². The van der Waals surface area contributed by atoms with E-state index in [4.69, 9.17) is 16.2 Å². The molecule has 1 unspecified atom stereocenters. The van der Waals surface area contributed by atoms with Crippen molar-refractivity contribution in [1.29, 1.82) is 0 Å². The fraction of sp³-hybridized carbons (Fsp3) is 0.636. The lowest BCUT2D eigenvalue weighted by atomic mass is 10.0. The van der Waals surface area contributed by atoms with Crippen molar-refractivity contribution in [2.24, 2.45) is 11.7 Å². The number of rotatable bonds is 6. The normalized spacial score (nSPS) is 12.5. The van der Waals surface area contributed by atoms with Gasteiger partial charge in [0.15, 0.2) is 0 Å². The van der Waals surface area contributed by atoms with E-state index in [9.17, 15) is 4.79 Å². The molecule has 0 radical (unpaired) electrons. The number of primary amides is 1. The third-order valence-corrected chi connectivity index (χ3v) is 2.23. The van der Waals surface area contributed by atoms with Crippen LogP contribution in [0.25, 0.3) is 0 Å². The summed E-state index contributed by atoms with van der Waals surface area (Å²) in [5.41, 5.74) is 10.9. The second-order valence-corrected chi connectivity index (χ2v) is 4.73. The molecule has 0 saturated heterocycles. The Morgan fingerprint density at radius 2 is 1.84 bits per heavy atom. The Labute approximate surface area is 112 Å². The zero-order valence-corrected chi connectivity index (χ0v) is 11.5. The molecule has 1 atom stereocenters. The quantitative estimate of drug-likeness (QED) is 0.670. The fourth-order valence-corrected chi connectivity index (χ4v) is 1.41. The number of aromatic nitrogens is 3. The molecule has 0 aromatic carbocycles. The van der Waals surface area contributed by atoms with Gasteiger partial charge in [0, 0.05) is 0 Å². The Morgan fingerprint density at radius 3 is 2.32 bits per heavy atom. The molecular weight excluding hydrogens is 248 g/mol. The Bertz CT molecular complexity index is 449. The Balaban J connectivity index is 2.93. The van der Waals surface area contributed by atoms with Crippen LogP contribution >= 0.6 is 0 Å². The molecule has 8 nitrogen and oxygen atoms in total. The lowest BCUT2D eigenvalue weighted by Crippen LogP contribution is -2.40. The van der Waals surface area contributed by atoms with Gasteiger partial charge in [-0.3, -0.25) is 4.79 Å². The Morgan fingerprint density at radius 1 is 1.21 bits per heavy atom. The van der Waals surface area contributed by atoms with Crippen molar-refractivity contribution in [1.82, 2.24) is 15.0 Å². The summed E-state index contributed by atoms with van der Waals surface area (Å²) in [4.78, 5) is 23.1. The molecule has 8 heteroatoms. The van der Waals surface area contributed by atoms with E-state index in [0.29, 0.717) is 0 Å². The monoisotopic (exact) mass is 268 g/mol. The standard InChI is InChI=1S/C11H20N6O2/c1-5(2)7(8(12)18)14-10-15-9(13)16-11(17-10)19-6(3)4/h5-7H,1-4H3,(H2,12,18)(H3,13,14,15,16,17). The molecule has 5 N–H and O–H groups in total. The zero-order chi connectivity index (χ0) is 14.6. The van der Waals surface area contributed by atoms with Gasteiger partial charge in [0.05, 0.1) is 6.10 Å². The first-order chi connectivity index (χ1) is 8.79. The summed E-state index contributed by atoms with van der Waals surface area (Å²) in [6.45, 7) is 7.40. The molecule has 1 aromatic rings. The van der Waals surface area contributed by atoms with Crippen LogP contribution in [0.5, 0.6) is 6.01 Å². The summed E-state index contributed by atoms with van der Waals surface area (Å²) in [6.07, 6.45) is -0.0910. The molecule has 1 heterocycles. The first kappa shape index (κ1) is 14.9. The highest BCUT2D eigenvalue weighted by Crippen LogP contribution is 2.13. The summed E-state index contributed by atoms with van der Waals surface area (Å²) < 4.78 is 5.34. The lowest BCUT2D eigenvalue weighted by Gasteiger charge is -2.19. The van der Waals surface area contributed by atoms with Crippen LogP contribution in [0.1, 0.15) is 27.7 Å². The van der Waals surface area contributed by atoms with Crippen molar-refractivity contribution in [3.63, 3.8) is 0 Å². The van der Waals surface area contributed by atoms with Crippen molar-refractivity contribution in [2.45, 2.75) is 39.8 Å². The van der Waals surface area contributed by atoms with E-state index in [2.05, 4.69) is 20.3 Å². The number of hydrogen-bond acceptors (Lipinski definition) is 7. The van der Waals surface area contributed by atoms with Gasteiger partial charge < -0.3 is 21.5 Å². The summed E-state index contributed by atoms with van der Waals surface area (Å²) in [5.74, 6) is -0.314. The maximum atomic E-state index is 11.3. The van der Waals surface area contributed by atoms with E-state index in [-0.39, 0.29) is 29.9 Å². The molecule has 19 heavy (non-hydrogen) atoms. The van der Waals surface area contributed by atoms with Crippen LogP contribution in [-0.4, -0.2) is 33.0 Å². The molecule has 0 spiro atoms. The third-order valence-electron chi connectivity index (χ3n) is 2.23. The molecule has 0 aliphatic heterocycles. The van der Waals surface area contributed by atoms with Crippen LogP contribution in [-0.2, 0) is 4.79 Å². The molecule has 0 fully saturated rings. The number of carbonyl (C=O) groups is 1. The fourth-order valence-electron chi connectivity index (χ4n) is 1.41. The summed E-state index contributed by atoms with van der Waals surface area (Å²) >= 11 is 0. The van der Waals surface area contributed by atoms with Crippen LogP contribution in [0.4, 0.5) is 11.9 Å². The van der Waals surface area contributed by atoms with Gasteiger partial charge in [-0.2, -0.15) is 15.0 Å². The molecule has 0 bridgehead atoms. The maximum absolute atomic E-state index is 11.3. The highest BCUT2D eigenvalue weighted by atomic mass is 16.5. The minimum Gasteiger partial charge on any atom is -0.461 e. The predicted molar refractivity (Wildman–Crippen MR) is 71.4 cm³/mol. The van der Waals surface area contributed by atoms with E-state index in [0.717, 1.165) is 0 Å². The molecule has 0 aliphatic rings. The van der Waals surface area contributed by atoms with Gasteiger partial charge in [-0.25, -0.2) is 0 Å².